The van der Waals surface area contributed by atoms with Crippen molar-refractivity contribution in [2.75, 3.05) is 19.8 Å². The highest BCUT2D eigenvalue weighted by Crippen LogP contribution is 2.13. The van der Waals surface area contributed by atoms with Crippen LogP contribution < -0.4 is 0 Å². The number of esters is 2. The molecule has 0 saturated heterocycles. The number of hydrogen-bond acceptors (Lipinski definition) is 5. The van der Waals surface area contributed by atoms with Gasteiger partial charge in [0, 0.05) is 19.4 Å². The molecule has 0 aliphatic heterocycles. The number of carbonyl (C=O) groups excluding carboxylic acids is 2. The van der Waals surface area contributed by atoms with Crippen molar-refractivity contribution < 1.29 is 23.8 Å². The zero-order chi connectivity index (χ0) is 42.1. The molecule has 0 heterocycles. The number of rotatable bonds is 44. The molecule has 0 N–H and O–H groups in total. The van der Waals surface area contributed by atoms with Crippen LogP contribution in [0, 0.1) is 0 Å². The summed E-state index contributed by atoms with van der Waals surface area (Å²) in [6, 6.07) is 0. The summed E-state index contributed by atoms with van der Waals surface area (Å²) in [6.45, 7) is 7.62. The molecule has 5 nitrogen and oxygen atoms in total. The summed E-state index contributed by atoms with van der Waals surface area (Å²) in [6.07, 6.45) is 62.0. The van der Waals surface area contributed by atoms with Crippen LogP contribution in [0.2, 0.25) is 0 Å². The van der Waals surface area contributed by atoms with E-state index in [2.05, 4.69) is 93.7 Å². The Morgan fingerprint density at radius 2 is 0.776 bits per heavy atom. The van der Waals surface area contributed by atoms with Crippen molar-refractivity contribution in [3.63, 3.8) is 0 Å². The molecular formula is C53H92O5. The van der Waals surface area contributed by atoms with Crippen molar-refractivity contribution in [1.29, 1.82) is 0 Å². The van der Waals surface area contributed by atoms with Gasteiger partial charge in [0.25, 0.3) is 0 Å². The van der Waals surface area contributed by atoms with Gasteiger partial charge in [-0.3, -0.25) is 9.59 Å². The number of hydrogen-bond donors (Lipinski definition) is 0. The predicted molar refractivity (Wildman–Crippen MR) is 251 cm³/mol. The molecule has 0 fully saturated rings. The molecule has 0 amide bonds. The molecule has 0 aromatic carbocycles. The first-order chi connectivity index (χ1) is 28.6. The van der Waals surface area contributed by atoms with Gasteiger partial charge in [0.15, 0.2) is 6.10 Å². The maximum Gasteiger partial charge on any atom is 0.306 e. The molecule has 0 radical (unpaired) electrons. The first-order valence-electron chi connectivity index (χ1n) is 24.5. The summed E-state index contributed by atoms with van der Waals surface area (Å²) >= 11 is 0. The Kier molecular flexibility index (Phi) is 46.5. The van der Waals surface area contributed by atoms with E-state index >= 15 is 0 Å². The van der Waals surface area contributed by atoms with E-state index in [0.717, 1.165) is 89.9 Å². The largest absolute Gasteiger partial charge is 0.462 e. The lowest BCUT2D eigenvalue weighted by Crippen LogP contribution is -2.30. The Bertz CT molecular complexity index is 1050. The van der Waals surface area contributed by atoms with Gasteiger partial charge in [-0.15, -0.1) is 0 Å². The Morgan fingerprint density at radius 3 is 1.28 bits per heavy atom. The Hall–Kier alpha value is -2.66. The minimum atomic E-state index is -0.548. The normalized spacial score (nSPS) is 12.8. The second-order valence-electron chi connectivity index (χ2n) is 16.0. The number of unbranched alkanes of at least 4 members (excludes halogenated alkanes) is 21. The smallest absolute Gasteiger partial charge is 0.306 e. The molecular weight excluding hydrogens is 717 g/mol. The van der Waals surface area contributed by atoms with Gasteiger partial charge < -0.3 is 14.2 Å². The summed E-state index contributed by atoms with van der Waals surface area (Å²) in [4.78, 5) is 25.2. The fourth-order valence-corrected chi connectivity index (χ4v) is 6.59. The zero-order valence-electron chi connectivity index (χ0n) is 38.3. The molecule has 0 rings (SSSR count). The average Bonchev–Trinajstić information content (AvgIpc) is 3.22. The molecule has 1 unspecified atom stereocenters. The first kappa shape index (κ1) is 55.3. The molecule has 0 aliphatic rings. The summed E-state index contributed by atoms with van der Waals surface area (Å²) in [7, 11) is 0. The number of carbonyl (C=O) groups is 2. The lowest BCUT2D eigenvalue weighted by molar-refractivity contribution is -0.163. The van der Waals surface area contributed by atoms with E-state index in [4.69, 9.17) is 14.2 Å². The molecule has 0 spiro atoms. The molecule has 1 atom stereocenters. The van der Waals surface area contributed by atoms with Gasteiger partial charge in [0.05, 0.1) is 6.61 Å². The van der Waals surface area contributed by atoms with Crippen molar-refractivity contribution in [2.24, 2.45) is 0 Å². The van der Waals surface area contributed by atoms with Crippen LogP contribution >= 0.6 is 0 Å². The second-order valence-corrected chi connectivity index (χ2v) is 16.0. The van der Waals surface area contributed by atoms with E-state index in [1.165, 1.54) is 103 Å². The fourth-order valence-electron chi connectivity index (χ4n) is 6.59. The molecule has 0 aliphatic carbocycles. The molecule has 0 aromatic heterocycles. The SMILES string of the molecule is CC/C=C\C/C=C\C/C=C\C/C=C\CCCCCCC(=O)OC(COCCCCCCCC)COC(=O)CCCCCCCCCCC/C=C\C/C=C\CCCCC. The van der Waals surface area contributed by atoms with Crippen LogP contribution in [-0.4, -0.2) is 37.9 Å². The average molecular weight is 809 g/mol. The zero-order valence-corrected chi connectivity index (χ0v) is 38.3. The van der Waals surface area contributed by atoms with Gasteiger partial charge in [-0.1, -0.05) is 196 Å². The van der Waals surface area contributed by atoms with Gasteiger partial charge in [-0.05, 0) is 89.9 Å². The van der Waals surface area contributed by atoms with Gasteiger partial charge in [-0.2, -0.15) is 0 Å². The van der Waals surface area contributed by atoms with Crippen LogP contribution in [0.1, 0.15) is 226 Å². The van der Waals surface area contributed by atoms with Gasteiger partial charge >= 0.3 is 11.9 Å². The molecule has 58 heavy (non-hydrogen) atoms. The third-order valence-corrected chi connectivity index (χ3v) is 10.2. The van der Waals surface area contributed by atoms with Gasteiger partial charge in [0.1, 0.15) is 6.61 Å². The van der Waals surface area contributed by atoms with Crippen molar-refractivity contribution >= 4 is 11.9 Å². The maximum absolute atomic E-state index is 12.7. The topological polar surface area (TPSA) is 61.8 Å². The second kappa shape index (κ2) is 48.7. The van der Waals surface area contributed by atoms with Gasteiger partial charge in [0.2, 0.25) is 0 Å². The first-order valence-corrected chi connectivity index (χ1v) is 24.5. The molecule has 334 valence electrons. The van der Waals surface area contributed by atoms with Crippen LogP contribution in [-0.2, 0) is 23.8 Å². The van der Waals surface area contributed by atoms with Crippen molar-refractivity contribution in [2.45, 2.75) is 232 Å². The third-order valence-electron chi connectivity index (χ3n) is 10.2. The minimum Gasteiger partial charge on any atom is -0.462 e. The van der Waals surface area contributed by atoms with Crippen molar-refractivity contribution in [3.05, 3.63) is 72.9 Å². The van der Waals surface area contributed by atoms with Crippen LogP contribution in [0.3, 0.4) is 0 Å². The Balaban J connectivity index is 4.13. The lowest BCUT2D eigenvalue weighted by Gasteiger charge is -2.18. The van der Waals surface area contributed by atoms with Crippen LogP contribution in [0.5, 0.6) is 0 Å². The van der Waals surface area contributed by atoms with Crippen LogP contribution in [0.25, 0.3) is 0 Å². The van der Waals surface area contributed by atoms with Crippen LogP contribution in [0.4, 0.5) is 0 Å². The molecule has 5 heteroatoms. The Labute approximate surface area is 359 Å². The van der Waals surface area contributed by atoms with E-state index in [9.17, 15) is 9.59 Å². The van der Waals surface area contributed by atoms with E-state index in [0.29, 0.717) is 19.4 Å². The summed E-state index contributed by atoms with van der Waals surface area (Å²) in [5.74, 6) is -0.432. The van der Waals surface area contributed by atoms with Crippen molar-refractivity contribution in [3.8, 4) is 0 Å². The predicted octanol–water partition coefficient (Wildman–Crippen LogP) is 16.3. The number of allylic oxidation sites excluding steroid dienone is 12. The van der Waals surface area contributed by atoms with E-state index in [1.54, 1.807) is 0 Å². The highest BCUT2D eigenvalue weighted by molar-refractivity contribution is 5.70. The minimum absolute atomic E-state index is 0.0713. The molecule has 0 bridgehead atoms. The van der Waals surface area contributed by atoms with Crippen molar-refractivity contribution in [1.82, 2.24) is 0 Å². The third kappa shape index (κ3) is 46.0. The quantitative estimate of drug-likeness (QED) is 0.0348. The number of ether oxygens (including phenoxy) is 3. The van der Waals surface area contributed by atoms with E-state index in [1.807, 2.05) is 0 Å². The highest BCUT2D eigenvalue weighted by atomic mass is 16.6. The molecule has 0 saturated carbocycles. The summed E-state index contributed by atoms with van der Waals surface area (Å²) in [5.41, 5.74) is 0. The fraction of sp³-hybridized carbons (Fsp3) is 0.736. The highest BCUT2D eigenvalue weighted by Gasteiger charge is 2.17. The van der Waals surface area contributed by atoms with Crippen LogP contribution in [0.15, 0.2) is 72.9 Å². The summed E-state index contributed by atoms with van der Waals surface area (Å²) < 4.78 is 17.2. The van der Waals surface area contributed by atoms with E-state index < -0.39 is 6.10 Å². The lowest BCUT2D eigenvalue weighted by atomic mass is 10.1. The summed E-state index contributed by atoms with van der Waals surface area (Å²) in [5, 5.41) is 0. The van der Waals surface area contributed by atoms with Gasteiger partial charge in [-0.25, -0.2) is 0 Å². The Morgan fingerprint density at radius 1 is 0.397 bits per heavy atom. The monoisotopic (exact) mass is 809 g/mol. The molecule has 0 aromatic rings. The van der Waals surface area contributed by atoms with E-state index in [-0.39, 0.29) is 25.2 Å². The standard InChI is InChI=1S/C53H92O5/c1-4-7-10-13-16-18-20-22-24-26-27-29-30-32-34-36-38-40-43-46-52(54)57-50-51(49-56-48-45-42-15-12-9-6-3)58-53(55)47-44-41-39-37-35-33-31-28-25-23-21-19-17-14-11-8-5-2/h8,11,16-19,22-25,31,33,51H,4-7,9-10,12-15,20-21,26-30,32,34-50H2,1-3H3/b11-8-,18-16-,19-17-,24-22-,25-23-,33-31-. The maximum atomic E-state index is 12.7.